The monoisotopic (exact) mass is 494 g/mol. The third kappa shape index (κ3) is 5.73. The van der Waals surface area contributed by atoms with Gasteiger partial charge in [-0.05, 0) is 49.4 Å². The van der Waals surface area contributed by atoms with Crippen molar-refractivity contribution in [3.05, 3.63) is 94.3 Å². The highest BCUT2D eigenvalue weighted by molar-refractivity contribution is 7.98. The van der Waals surface area contributed by atoms with Crippen LogP contribution in [0.2, 0.25) is 5.02 Å². The molecule has 4 aromatic rings. The average molecular weight is 495 g/mol. The molecule has 1 aromatic heterocycles. The van der Waals surface area contributed by atoms with E-state index in [-0.39, 0.29) is 5.75 Å². The highest BCUT2D eigenvalue weighted by atomic mass is 35.5. The predicted octanol–water partition coefficient (Wildman–Crippen LogP) is 5.87. The molecule has 34 heavy (non-hydrogen) atoms. The number of aromatic nitrogens is 3. The molecule has 0 unspecified atom stereocenters. The molecule has 4 rings (SSSR count). The number of methoxy groups -OCH3 is 1. The van der Waals surface area contributed by atoms with Crippen molar-refractivity contribution >= 4 is 23.4 Å². The van der Waals surface area contributed by atoms with Crippen LogP contribution in [0.25, 0.3) is 5.69 Å². The molecule has 0 aliphatic carbocycles. The summed E-state index contributed by atoms with van der Waals surface area (Å²) in [5.74, 6) is 2.42. The highest BCUT2D eigenvalue weighted by Gasteiger charge is 2.18. The number of aryl methyl sites for hydroxylation is 1. The molecule has 0 amide bonds. The molecule has 0 bridgehead atoms. The van der Waals surface area contributed by atoms with E-state index >= 15 is 0 Å². The van der Waals surface area contributed by atoms with Gasteiger partial charge in [-0.2, -0.15) is 0 Å². The van der Waals surface area contributed by atoms with Gasteiger partial charge in [-0.1, -0.05) is 59.8 Å². The summed E-state index contributed by atoms with van der Waals surface area (Å²) >= 11 is 7.95. The van der Waals surface area contributed by atoms with Crippen LogP contribution in [0.3, 0.4) is 0 Å². The van der Waals surface area contributed by atoms with E-state index in [2.05, 4.69) is 44.8 Å². The Bertz CT molecular complexity index is 1280. The molecule has 0 saturated heterocycles. The number of phenols is 1. The van der Waals surface area contributed by atoms with E-state index in [1.807, 2.05) is 49.5 Å². The Kier molecular flexibility index (Phi) is 7.77. The molecule has 0 spiro atoms. The van der Waals surface area contributed by atoms with Gasteiger partial charge in [0.2, 0.25) is 0 Å². The average Bonchev–Trinajstić information content (AvgIpc) is 3.22. The summed E-state index contributed by atoms with van der Waals surface area (Å²) in [5, 5.41) is 20.8. The summed E-state index contributed by atoms with van der Waals surface area (Å²) in [7, 11) is 3.57. The first-order valence-electron chi connectivity index (χ1n) is 10.9. The minimum atomic E-state index is 0.206. The van der Waals surface area contributed by atoms with Gasteiger partial charge in [0.15, 0.2) is 11.0 Å². The third-order valence-corrected chi connectivity index (χ3v) is 6.74. The summed E-state index contributed by atoms with van der Waals surface area (Å²) in [5.41, 5.74) is 4.25. The molecular weight excluding hydrogens is 468 g/mol. The number of rotatable bonds is 9. The molecule has 0 atom stereocenters. The fraction of sp³-hybridized carbons (Fsp3) is 0.231. The second-order valence-electron chi connectivity index (χ2n) is 8.10. The van der Waals surface area contributed by atoms with Crippen LogP contribution >= 0.6 is 23.4 Å². The molecule has 0 saturated carbocycles. The summed E-state index contributed by atoms with van der Waals surface area (Å²) in [4.78, 5) is 2.09. The Morgan fingerprint density at radius 2 is 1.82 bits per heavy atom. The van der Waals surface area contributed by atoms with Crippen molar-refractivity contribution in [2.75, 3.05) is 14.2 Å². The Balaban J connectivity index is 1.58. The zero-order valence-corrected chi connectivity index (χ0v) is 21.0. The Hall–Kier alpha value is -3.00. The van der Waals surface area contributed by atoms with Crippen molar-refractivity contribution in [1.82, 2.24) is 19.7 Å². The number of hydrogen-bond acceptors (Lipinski definition) is 6. The number of thioether (sulfide) groups is 1. The maximum absolute atomic E-state index is 10.3. The van der Waals surface area contributed by atoms with E-state index in [4.69, 9.17) is 16.3 Å². The molecule has 176 valence electrons. The van der Waals surface area contributed by atoms with Crippen molar-refractivity contribution in [1.29, 1.82) is 0 Å². The summed E-state index contributed by atoms with van der Waals surface area (Å²) < 4.78 is 7.24. The van der Waals surface area contributed by atoms with E-state index in [1.54, 1.807) is 24.9 Å². The third-order valence-electron chi connectivity index (χ3n) is 5.53. The van der Waals surface area contributed by atoms with Crippen LogP contribution in [0.5, 0.6) is 11.5 Å². The number of ether oxygens (including phenoxy) is 1. The minimum Gasteiger partial charge on any atom is -0.507 e. The van der Waals surface area contributed by atoms with Crippen molar-refractivity contribution in [3.8, 4) is 17.2 Å². The first-order chi connectivity index (χ1) is 16.4. The molecule has 1 heterocycles. The lowest BCUT2D eigenvalue weighted by Gasteiger charge is -2.18. The molecule has 8 heteroatoms. The summed E-state index contributed by atoms with van der Waals surface area (Å²) in [6, 6.07) is 21.4. The lowest BCUT2D eigenvalue weighted by Crippen LogP contribution is -2.20. The Labute approximate surface area is 209 Å². The van der Waals surface area contributed by atoms with Crippen molar-refractivity contribution in [2.24, 2.45) is 0 Å². The molecule has 0 fully saturated rings. The second kappa shape index (κ2) is 11.0. The molecule has 3 aromatic carbocycles. The number of hydrogen-bond donors (Lipinski definition) is 1. The van der Waals surface area contributed by atoms with E-state index in [0.717, 1.165) is 28.0 Å². The van der Waals surface area contributed by atoms with Crippen LogP contribution in [0.4, 0.5) is 0 Å². The molecule has 1 N–H and O–H groups in total. The largest absolute Gasteiger partial charge is 0.507 e. The van der Waals surface area contributed by atoms with E-state index in [1.165, 1.54) is 11.1 Å². The zero-order chi connectivity index (χ0) is 24.1. The number of halogens is 1. The first kappa shape index (κ1) is 24.1. The van der Waals surface area contributed by atoms with Crippen molar-refractivity contribution in [3.63, 3.8) is 0 Å². The number of phenolic OH excluding ortho intramolecular Hbond substituents is 1. The highest BCUT2D eigenvalue weighted by Crippen LogP contribution is 2.29. The smallest absolute Gasteiger partial charge is 0.196 e. The van der Waals surface area contributed by atoms with Gasteiger partial charge < -0.3 is 9.84 Å². The van der Waals surface area contributed by atoms with Gasteiger partial charge in [0.05, 0.1) is 19.3 Å². The van der Waals surface area contributed by atoms with Crippen LogP contribution in [0.1, 0.15) is 22.5 Å². The molecule has 0 aliphatic heterocycles. The Morgan fingerprint density at radius 3 is 2.56 bits per heavy atom. The van der Waals surface area contributed by atoms with Crippen LogP contribution in [0.15, 0.2) is 71.9 Å². The number of aromatic hydroxyl groups is 1. The topological polar surface area (TPSA) is 63.4 Å². The van der Waals surface area contributed by atoms with Crippen LogP contribution < -0.4 is 4.74 Å². The van der Waals surface area contributed by atoms with Gasteiger partial charge >= 0.3 is 0 Å². The summed E-state index contributed by atoms with van der Waals surface area (Å²) in [6.07, 6.45) is 0. The van der Waals surface area contributed by atoms with Gasteiger partial charge in [-0.25, -0.2) is 0 Å². The van der Waals surface area contributed by atoms with Gasteiger partial charge in [0.25, 0.3) is 0 Å². The fourth-order valence-electron chi connectivity index (χ4n) is 3.68. The van der Waals surface area contributed by atoms with E-state index < -0.39 is 0 Å². The maximum atomic E-state index is 10.3. The first-order valence-corrected chi connectivity index (χ1v) is 12.2. The number of nitrogens with zero attached hydrogens (tertiary/aromatic N) is 4. The standard InChI is InChI=1S/C26H27ClN4O2S/c1-18-7-4-5-8-20(18)17-34-26-29-28-25(31(26)22-10-6-9-21(27)13-22)16-30(2)15-19-11-12-23(33-3)14-24(19)32/h4-14,32H,15-17H2,1-3H3. The number of benzene rings is 3. The van der Waals surface area contributed by atoms with Gasteiger partial charge in [-0.3, -0.25) is 9.47 Å². The normalized spacial score (nSPS) is 11.2. The zero-order valence-electron chi connectivity index (χ0n) is 19.4. The maximum Gasteiger partial charge on any atom is 0.196 e. The van der Waals surface area contributed by atoms with Crippen LogP contribution in [0, 0.1) is 6.92 Å². The van der Waals surface area contributed by atoms with Gasteiger partial charge in [-0.15, -0.1) is 10.2 Å². The molecular formula is C26H27ClN4O2S. The quantitative estimate of drug-likeness (QED) is 0.294. The second-order valence-corrected chi connectivity index (χ2v) is 9.48. The minimum absolute atomic E-state index is 0.206. The Morgan fingerprint density at radius 1 is 1.00 bits per heavy atom. The molecule has 0 aliphatic rings. The van der Waals surface area contributed by atoms with Crippen LogP contribution in [-0.2, 0) is 18.8 Å². The lowest BCUT2D eigenvalue weighted by atomic mass is 10.1. The van der Waals surface area contributed by atoms with E-state index in [9.17, 15) is 5.11 Å². The predicted molar refractivity (Wildman–Crippen MR) is 137 cm³/mol. The van der Waals surface area contributed by atoms with E-state index in [0.29, 0.717) is 23.9 Å². The van der Waals surface area contributed by atoms with Gasteiger partial charge in [0.1, 0.15) is 11.5 Å². The van der Waals surface area contributed by atoms with Crippen molar-refractivity contribution < 1.29 is 9.84 Å². The molecule has 0 radical (unpaired) electrons. The SMILES string of the molecule is COc1ccc(CN(C)Cc2nnc(SCc3ccccc3C)n2-c2cccc(Cl)c2)c(O)c1. The van der Waals surface area contributed by atoms with Crippen molar-refractivity contribution in [2.45, 2.75) is 30.9 Å². The molecule has 6 nitrogen and oxygen atoms in total. The fourth-order valence-corrected chi connectivity index (χ4v) is 4.91. The summed E-state index contributed by atoms with van der Waals surface area (Å²) in [6.45, 7) is 3.20. The lowest BCUT2D eigenvalue weighted by molar-refractivity contribution is 0.301. The van der Waals surface area contributed by atoms with Gasteiger partial charge in [0, 0.05) is 29.0 Å². The van der Waals surface area contributed by atoms with Crippen LogP contribution in [-0.4, -0.2) is 38.9 Å².